The molecule has 1 amide bonds. The van der Waals surface area contributed by atoms with Crippen molar-refractivity contribution >= 4 is 79.6 Å². The molecule has 0 aromatic heterocycles. The van der Waals surface area contributed by atoms with Crippen molar-refractivity contribution in [3.05, 3.63) is 28.4 Å². The number of carbonyl (C=O) groups excluding carboxylic acids is 1. The Kier molecular flexibility index (Phi) is 7.29. The van der Waals surface area contributed by atoms with Crippen molar-refractivity contribution in [3.8, 4) is 0 Å². The standard InChI is InChI=1S/C12H12I3NO3/c1-2-7(5-10(17)18)16-12(19)8-3-6(13)4-9(14)11(8)15/h3-4,7H,2,5H2,1H3,(H,16,19)(H,17,18). The Labute approximate surface area is 152 Å². The van der Waals surface area contributed by atoms with Crippen LogP contribution in [-0.2, 0) is 4.79 Å². The first kappa shape index (κ1) is 17.4. The van der Waals surface area contributed by atoms with E-state index in [-0.39, 0.29) is 18.4 Å². The van der Waals surface area contributed by atoms with Crippen LogP contribution in [0.2, 0.25) is 0 Å². The minimum Gasteiger partial charge on any atom is -0.481 e. The van der Waals surface area contributed by atoms with E-state index in [9.17, 15) is 9.59 Å². The molecule has 4 nitrogen and oxygen atoms in total. The van der Waals surface area contributed by atoms with Gasteiger partial charge in [0, 0.05) is 16.8 Å². The number of aliphatic carboxylic acids is 1. The molecule has 19 heavy (non-hydrogen) atoms. The van der Waals surface area contributed by atoms with Crippen LogP contribution in [0.15, 0.2) is 12.1 Å². The summed E-state index contributed by atoms with van der Waals surface area (Å²) in [6, 6.07) is 3.47. The van der Waals surface area contributed by atoms with E-state index >= 15 is 0 Å². The molecule has 1 aromatic rings. The van der Waals surface area contributed by atoms with Crippen molar-refractivity contribution in [2.45, 2.75) is 25.8 Å². The summed E-state index contributed by atoms with van der Waals surface area (Å²) in [6.45, 7) is 1.86. The number of amides is 1. The van der Waals surface area contributed by atoms with E-state index in [2.05, 4.69) is 73.1 Å². The Morgan fingerprint density at radius 1 is 1.32 bits per heavy atom. The monoisotopic (exact) mass is 599 g/mol. The minimum atomic E-state index is -0.904. The van der Waals surface area contributed by atoms with Gasteiger partial charge in [-0.05, 0) is 86.3 Å². The minimum absolute atomic E-state index is 0.0557. The Bertz CT molecular complexity index is 505. The van der Waals surface area contributed by atoms with Gasteiger partial charge >= 0.3 is 5.97 Å². The molecule has 7 heteroatoms. The van der Waals surface area contributed by atoms with Gasteiger partial charge in [-0.2, -0.15) is 0 Å². The molecule has 0 aliphatic rings. The fraction of sp³-hybridized carbons (Fsp3) is 0.333. The normalized spacial score (nSPS) is 12.0. The molecule has 0 radical (unpaired) electrons. The second-order valence-electron chi connectivity index (χ2n) is 3.93. The fourth-order valence-electron chi connectivity index (χ4n) is 1.49. The van der Waals surface area contributed by atoms with Crippen LogP contribution in [0.3, 0.4) is 0 Å². The first-order valence-corrected chi connectivity index (χ1v) is 8.76. The van der Waals surface area contributed by atoms with Crippen molar-refractivity contribution < 1.29 is 14.7 Å². The molecule has 0 heterocycles. The van der Waals surface area contributed by atoms with Crippen LogP contribution in [0.4, 0.5) is 0 Å². The highest BCUT2D eigenvalue weighted by Gasteiger charge is 2.18. The number of benzene rings is 1. The van der Waals surface area contributed by atoms with Crippen molar-refractivity contribution in [2.24, 2.45) is 0 Å². The number of hydrogen-bond donors (Lipinski definition) is 2. The molecule has 1 unspecified atom stereocenters. The first-order chi connectivity index (χ1) is 8.85. The zero-order chi connectivity index (χ0) is 14.6. The van der Waals surface area contributed by atoms with Crippen LogP contribution in [0, 0.1) is 10.7 Å². The SMILES string of the molecule is CCC(CC(=O)O)NC(=O)c1cc(I)cc(I)c1I. The quantitative estimate of drug-likeness (QED) is 0.403. The van der Waals surface area contributed by atoms with Crippen molar-refractivity contribution in [1.82, 2.24) is 5.32 Å². The van der Waals surface area contributed by atoms with Gasteiger partial charge in [0.2, 0.25) is 0 Å². The largest absolute Gasteiger partial charge is 0.481 e. The predicted octanol–water partition coefficient (Wildman–Crippen LogP) is 3.48. The van der Waals surface area contributed by atoms with Crippen LogP contribution in [0.25, 0.3) is 0 Å². The van der Waals surface area contributed by atoms with E-state index in [0.717, 1.165) is 10.7 Å². The molecule has 2 N–H and O–H groups in total. The smallest absolute Gasteiger partial charge is 0.305 e. The summed E-state index contributed by atoms with van der Waals surface area (Å²) in [6.07, 6.45) is 0.537. The number of hydrogen-bond acceptors (Lipinski definition) is 2. The van der Waals surface area contributed by atoms with Gasteiger partial charge in [0.15, 0.2) is 0 Å². The summed E-state index contributed by atoms with van der Waals surface area (Å²) in [4.78, 5) is 22.9. The Hall–Kier alpha value is 0.350. The lowest BCUT2D eigenvalue weighted by atomic mass is 10.1. The van der Waals surface area contributed by atoms with Crippen molar-refractivity contribution in [3.63, 3.8) is 0 Å². The van der Waals surface area contributed by atoms with Crippen LogP contribution in [0.1, 0.15) is 30.1 Å². The lowest BCUT2D eigenvalue weighted by molar-refractivity contribution is -0.137. The number of nitrogens with one attached hydrogen (secondary N) is 1. The average Bonchev–Trinajstić information content (AvgIpc) is 2.32. The first-order valence-electron chi connectivity index (χ1n) is 5.52. The Balaban J connectivity index is 2.91. The number of carboxylic acid groups (broad SMARTS) is 1. The number of carboxylic acids is 1. The molecule has 0 aliphatic carbocycles. The predicted molar refractivity (Wildman–Crippen MR) is 98.4 cm³/mol. The Morgan fingerprint density at radius 3 is 2.47 bits per heavy atom. The topological polar surface area (TPSA) is 66.4 Å². The fourth-order valence-corrected chi connectivity index (χ4v) is 3.89. The molecular formula is C12H12I3NO3. The van der Waals surface area contributed by atoms with Crippen molar-refractivity contribution in [1.29, 1.82) is 0 Å². The summed E-state index contributed by atoms with van der Waals surface area (Å²) in [7, 11) is 0. The maximum atomic E-state index is 12.2. The number of rotatable bonds is 5. The third kappa shape index (κ3) is 5.33. The van der Waals surface area contributed by atoms with Crippen LogP contribution in [-0.4, -0.2) is 23.0 Å². The van der Waals surface area contributed by atoms with Gasteiger partial charge in [-0.25, -0.2) is 0 Å². The lowest BCUT2D eigenvalue weighted by Gasteiger charge is -2.16. The zero-order valence-corrected chi connectivity index (χ0v) is 16.5. The molecule has 0 bridgehead atoms. The highest BCUT2D eigenvalue weighted by atomic mass is 127. The highest BCUT2D eigenvalue weighted by Crippen LogP contribution is 2.23. The molecule has 1 aromatic carbocycles. The van der Waals surface area contributed by atoms with Gasteiger partial charge < -0.3 is 10.4 Å². The van der Waals surface area contributed by atoms with Gasteiger partial charge in [-0.3, -0.25) is 9.59 Å². The molecule has 0 spiro atoms. The van der Waals surface area contributed by atoms with E-state index in [0.29, 0.717) is 12.0 Å². The van der Waals surface area contributed by atoms with Crippen molar-refractivity contribution in [2.75, 3.05) is 0 Å². The maximum Gasteiger partial charge on any atom is 0.305 e. The van der Waals surface area contributed by atoms with Gasteiger partial charge in [0.25, 0.3) is 5.91 Å². The molecule has 0 fully saturated rings. The molecule has 104 valence electrons. The van der Waals surface area contributed by atoms with Gasteiger partial charge in [-0.15, -0.1) is 0 Å². The summed E-state index contributed by atoms with van der Waals surface area (Å²) in [5.41, 5.74) is 0.598. The van der Waals surface area contributed by atoms with E-state index in [1.807, 2.05) is 19.1 Å². The maximum absolute atomic E-state index is 12.2. The summed E-state index contributed by atoms with van der Waals surface area (Å²) >= 11 is 6.48. The van der Waals surface area contributed by atoms with Crippen LogP contribution in [0.5, 0.6) is 0 Å². The van der Waals surface area contributed by atoms with E-state index in [4.69, 9.17) is 5.11 Å². The molecular weight excluding hydrogens is 587 g/mol. The molecule has 0 aliphatic heterocycles. The van der Waals surface area contributed by atoms with Gasteiger partial charge in [-0.1, -0.05) is 6.92 Å². The summed E-state index contributed by atoms with van der Waals surface area (Å²) in [5, 5.41) is 11.6. The molecule has 1 rings (SSSR count). The number of carbonyl (C=O) groups is 2. The van der Waals surface area contributed by atoms with E-state index in [1.165, 1.54) is 0 Å². The third-order valence-electron chi connectivity index (χ3n) is 2.49. The average molecular weight is 599 g/mol. The van der Waals surface area contributed by atoms with Gasteiger partial charge in [0.05, 0.1) is 12.0 Å². The van der Waals surface area contributed by atoms with E-state index < -0.39 is 5.97 Å². The van der Waals surface area contributed by atoms with Crippen LogP contribution < -0.4 is 5.32 Å². The van der Waals surface area contributed by atoms with Crippen LogP contribution >= 0.6 is 67.8 Å². The van der Waals surface area contributed by atoms with Gasteiger partial charge in [0.1, 0.15) is 0 Å². The summed E-state index contributed by atoms with van der Waals surface area (Å²) in [5.74, 6) is -1.12. The third-order valence-corrected chi connectivity index (χ3v) is 6.15. The Morgan fingerprint density at radius 2 is 1.95 bits per heavy atom. The lowest BCUT2D eigenvalue weighted by Crippen LogP contribution is -2.36. The second kappa shape index (κ2) is 7.96. The highest BCUT2D eigenvalue weighted by molar-refractivity contribution is 14.1. The number of halogens is 3. The molecule has 1 atom stereocenters. The zero-order valence-electron chi connectivity index (χ0n) is 10.0. The molecule has 0 saturated carbocycles. The van der Waals surface area contributed by atoms with E-state index in [1.54, 1.807) is 0 Å². The second-order valence-corrected chi connectivity index (χ2v) is 7.41. The summed E-state index contributed by atoms with van der Waals surface area (Å²) < 4.78 is 2.89. The molecule has 0 saturated heterocycles.